The molecule has 2 aromatic carbocycles. The number of isocyanates is 2. The molecule has 0 saturated carbocycles. The van der Waals surface area contributed by atoms with E-state index in [1.807, 2.05) is 0 Å². The molecular formula is C16H16N2O2. The second-order valence-corrected chi connectivity index (χ2v) is 3.75. The first-order valence-electron chi connectivity index (χ1n) is 5.88. The van der Waals surface area contributed by atoms with E-state index >= 15 is 0 Å². The van der Waals surface area contributed by atoms with Crippen LogP contribution in [0.1, 0.15) is 24.0 Å². The van der Waals surface area contributed by atoms with E-state index in [0.717, 1.165) is 12.2 Å². The standard InChI is InChI=1S/C14H14.2CHNO/c1-12(13-8-4-2-5-9-13)14-10-6-3-7-11-14;2*2-1-3/h2-12H,1H3;2*2H. The van der Waals surface area contributed by atoms with Crippen LogP contribution in [0.15, 0.2) is 60.7 Å². The van der Waals surface area contributed by atoms with Gasteiger partial charge in [0.2, 0.25) is 12.2 Å². The highest BCUT2D eigenvalue weighted by atomic mass is 16.1. The summed E-state index contributed by atoms with van der Waals surface area (Å²) >= 11 is 0. The summed E-state index contributed by atoms with van der Waals surface area (Å²) in [5, 5.41) is 10.8. The maximum absolute atomic E-state index is 8.35. The third-order valence-corrected chi connectivity index (χ3v) is 2.60. The second-order valence-electron chi connectivity index (χ2n) is 3.75. The highest BCUT2D eigenvalue weighted by Crippen LogP contribution is 2.22. The highest BCUT2D eigenvalue weighted by molar-refractivity contribution is 5.31. The van der Waals surface area contributed by atoms with Gasteiger partial charge in [0.05, 0.1) is 0 Å². The Balaban J connectivity index is 0.000000520. The monoisotopic (exact) mass is 268 g/mol. The molecule has 20 heavy (non-hydrogen) atoms. The van der Waals surface area contributed by atoms with Crippen LogP contribution in [0, 0.1) is 10.8 Å². The normalized spacial score (nSPS) is 8.10. The number of hydrogen-bond acceptors (Lipinski definition) is 4. The number of carbonyl (C=O) groups excluding carboxylic acids is 2. The van der Waals surface area contributed by atoms with Gasteiger partial charge in [-0.2, -0.15) is 0 Å². The van der Waals surface area contributed by atoms with Gasteiger partial charge in [-0.25, -0.2) is 20.4 Å². The van der Waals surface area contributed by atoms with E-state index in [-0.39, 0.29) is 0 Å². The average Bonchev–Trinajstić information content (AvgIpc) is 2.50. The topological polar surface area (TPSA) is 81.8 Å². The van der Waals surface area contributed by atoms with E-state index in [1.165, 1.54) is 11.1 Å². The minimum atomic E-state index is 0.484. The lowest BCUT2D eigenvalue weighted by molar-refractivity contribution is 0.562. The zero-order chi connectivity index (χ0) is 15.2. The van der Waals surface area contributed by atoms with Crippen LogP contribution < -0.4 is 0 Å². The molecule has 0 aliphatic rings. The molecule has 0 bridgehead atoms. The van der Waals surface area contributed by atoms with E-state index in [0.29, 0.717) is 5.92 Å². The zero-order valence-corrected chi connectivity index (χ0v) is 11.2. The van der Waals surface area contributed by atoms with Crippen LogP contribution in [-0.4, -0.2) is 12.2 Å². The van der Waals surface area contributed by atoms with Gasteiger partial charge < -0.3 is 0 Å². The third-order valence-electron chi connectivity index (χ3n) is 2.60. The van der Waals surface area contributed by atoms with Gasteiger partial charge in [0.25, 0.3) is 0 Å². The van der Waals surface area contributed by atoms with Crippen LogP contribution in [0.4, 0.5) is 0 Å². The minimum absolute atomic E-state index is 0.484. The predicted molar refractivity (Wildman–Crippen MR) is 77.2 cm³/mol. The van der Waals surface area contributed by atoms with Gasteiger partial charge in [0.1, 0.15) is 0 Å². The zero-order valence-electron chi connectivity index (χ0n) is 11.2. The second kappa shape index (κ2) is 11.3. The smallest absolute Gasteiger partial charge is 0.222 e. The summed E-state index contributed by atoms with van der Waals surface area (Å²) in [5.41, 5.74) is 2.75. The number of benzene rings is 2. The first-order chi connectivity index (χ1) is 9.71. The van der Waals surface area contributed by atoms with Gasteiger partial charge in [-0.05, 0) is 11.1 Å². The average molecular weight is 268 g/mol. The van der Waals surface area contributed by atoms with Crippen LogP contribution in [0.2, 0.25) is 0 Å². The van der Waals surface area contributed by atoms with Crippen molar-refractivity contribution in [2.45, 2.75) is 12.8 Å². The van der Waals surface area contributed by atoms with Crippen molar-refractivity contribution in [2.24, 2.45) is 0 Å². The molecule has 2 N–H and O–H groups in total. The van der Waals surface area contributed by atoms with Crippen molar-refractivity contribution in [2.75, 3.05) is 0 Å². The van der Waals surface area contributed by atoms with Crippen LogP contribution in [0.3, 0.4) is 0 Å². The molecular weight excluding hydrogens is 252 g/mol. The van der Waals surface area contributed by atoms with Gasteiger partial charge >= 0.3 is 0 Å². The lowest BCUT2D eigenvalue weighted by Crippen LogP contribution is -1.94. The lowest BCUT2D eigenvalue weighted by Gasteiger charge is -2.11. The van der Waals surface area contributed by atoms with Crippen molar-refractivity contribution in [3.63, 3.8) is 0 Å². The van der Waals surface area contributed by atoms with E-state index in [4.69, 9.17) is 20.4 Å². The molecule has 0 spiro atoms. The fourth-order valence-electron chi connectivity index (χ4n) is 1.68. The first-order valence-corrected chi connectivity index (χ1v) is 5.88. The van der Waals surface area contributed by atoms with Crippen LogP contribution >= 0.6 is 0 Å². The Kier molecular flexibility index (Phi) is 9.72. The molecule has 0 saturated heterocycles. The number of nitrogens with one attached hydrogen (secondary N) is 2. The molecule has 0 atom stereocenters. The molecule has 0 aromatic heterocycles. The fourth-order valence-corrected chi connectivity index (χ4v) is 1.68. The summed E-state index contributed by atoms with van der Waals surface area (Å²) < 4.78 is 0. The van der Waals surface area contributed by atoms with Crippen molar-refractivity contribution in [3.05, 3.63) is 71.8 Å². The molecule has 0 amide bonds. The van der Waals surface area contributed by atoms with Gasteiger partial charge in [-0.1, -0.05) is 67.6 Å². The largest absolute Gasteiger partial charge is 0.231 e. The summed E-state index contributed by atoms with van der Waals surface area (Å²) in [6.45, 7) is 2.24. The highest BCUT2D eigenvalue weighted by Gasteiger charge is 2.05. The summed E-state index contributed by atoms with van der Waals surface area (Å²) in [6.07, 6.45) is 1.50. The summed E-state index contributed by atoms with van der Waals surface area (Å²) in [7, 11) is 0. The number of hydrogen-bond donors (Lipinski definition) is 2. The van der Waals surface area contributed by atoms with Crippen LogP contribution in [-0.2, 0) is 9.59 Å². The Labute approximate surface area is 118 Å². The van der Waals surface area contributed by atoms with Crippen molar-refractivity contribution < 1.29 is 9.59 Å². The van der Waals surface area contributed by atoms with Gasteiger partial charge in [0, 0.05) is 5.92 Å². The third kappa shape index (κ3) is 6.82. The van der Waals surface area contributed by atoms with Crippen molar-refractivity contribution in [3.8, 4) is 0 Å². The minimum Gasteiger partial charge on any atom is -0.222 e. The molecule has 2 rings (SSSR count). The molecule has 0 aliphatic carbocycles. The molecule has 0 heterocycles. The van der Waals surface area contributed by atoms with Gasteiger partial charge in [-0.3, -0.25) is 0 Å². The molecule has 0 fully saturated rings. The summed E-state index contributed by atoms with van der Waals surface area (Å²) in [6, 6.07) is 21.2. The Morgan fingerprint density at radius 2 is 1.00 bits per heavy atom. The maximum Gasteiger partial charge on any atom is 0.231 e. The van der Waals surface area contributed by atoms with Gasteiger partial charge in [-0.15, -0.1) is 0 Å². The molecule has 4 nitrogen and oxygen atoms in total. The maximum atomic E-state index is 8.35. The Bertz CT molecular complexity index is 490. The SMILES string of the molecule is CC(c1ccccc1)c1ccccc1.N=C=O.N=C=O. The van der Waals surface area contributed by atoms with Crippen molar-refractivity contribution in [1.29, 1.82) is 10.8 Å². The van der Waals surface area contributed by atoms with Crippen LogP contribution in [0.25, 0.3) is 0 Å². The molecule has 0 radical (unpaired) electrons. The molecule has 2 aromatic rings. The first kappa shape index (κ1) is 17.2. The van der Waals surface area contributed by atoms with Crippen molar-refractivity contribution >= 4 is 12.2 Å². The predicted octanol–water partition coefficient (Wildman–Crippen LogP) is 3.64. The molecule has 0 unspecified atom stereocenters. The Morgan fingerprint density at radius 1 is 0.750 bits per heavy atom. The summed E-state index contributed by atoms with van der Waals surface area (Å²) in [5.74, 6) is 0.484. The Morgan fingerprint density at radius 3 is 1.25 bits per heavy atom. The molecule has 0 aliphatic heterocycles. The van der Waals surface area contributed by atoms with Crippen LogP contribution in [0.5, 0.6) is 0 Å². The van der Waals surface area contributed by atoms with E-state index in [2.05, 4.69) is 67.6 Å². The van der Waals surface area contributed by atoms with Gasteiger partial charge in [0.15, 0.2) is 0 Å². The van der Waals surface area contributed by atoms with Crippen molar-refractivity contribution in [1.82, 2.24) is 0 Å². The molecule has 4 heteroatoms. The number of rotatable bonds is 2. The quantitative estimate of drug-likeness (QED) is 0.644. The summed E-state index contributed by atoms with van der Waals surface area (Å²) in [4.78, 5) is 16.7. The lowest BCUT2D eigenvalue weighted by atomic mass is 9.93. The van der Waals surface area contributed by atoms with E-state index in [1.54, 1.807) is 0 Å². The molecule has 102 valence electrons. The van der Waals surface area contributed by atoms with E-state index in [9.17, 15) is 0 Å². The van der Waals surface area contributed by atoms with E-state index < -0.39 is 0 Å². The fraction of sp³-hybridized carbons (Fsp3) is 0.125. The Hall–Kier alpha value is -2.80.